The van der Waals surface area contributed by atoms with E-state index in [-0.39, 0.29) is 24.0 Å². The zero-order valence-electron chi connectivity index (χ0n) is 16.3. The van der Waals surface area contributed by atoms with Gasteiger partial charge in [-0.25, -0.2) is 4.98 Å². The summed E-state index contributed by atoms with van der Waals surface area (Å²) < 4.78 is 52.3. The summed E-state index contributed by atoms with van der Waals surface area (Å²) in [6.07, 6.45) is -3.75. The van der Waals surface area contributed by atoms with Crippen molar-refractivity contribution < 1.29 is 27.4 Å². The molecule has 0 aliphatic carbocycles. The minimum atomic E-state index is -4.74. The van der Waals surface area contributed by atoms with Crippen LogP contribution in [0.3, 0.4) is 0 Å². The van der Waals surface area contributed by atoms with E-state index < -0.39 is 12.3 Å². The van der Waals surface area contributed by atoms with Crippen molar-refractivity contribution in [2.75, 3.05) is 19.8 Å². The van der Waals surface area contributed by atoms with E-state index in [9.17, 15) is 18.4 Å². The number of hydrogen-bond acceptors (Lipinski definition) is 6. The largest absolute Gasteiger partial charge is 0.573 e. The zero-order chi connectivity index (χ0) is 22.0. The van der Waals surface area contributed by atoms with Crippen molar-refractivity contribution >= 4 is 11.6 Å². The molecule has 1 aromatic heterocycles. The van der Waals surface area contributed by atoms with Crippen molar-refractivity contribution in [2.24, 2.45) is 5.92 Å². The number of nitrogens with zero attached hydrogens (tertiary/aromatic N) is 3. The first kappa shape index (κ1) is 21.8. The number of alkyl halides is 3. The number of ether oxygens (including phenoxy) is 3. The van der Waals surface area contributed by atoms with Crippen LogP contribution in [0.15, 0.2) is 42.6 Å². The fourth-order valence-corrected chi connectivity index (χ4v) is 3.93. The Kier molecular flexibility index (Phi) is 6.34. The summed E-state index contributed by atoms with van der Waals surface area (Å²) in [4.78, 5) is 6.27. The highest BCUT2D eigenvalue weighted by Gasteiger charge is 2.50. The Hall–Kier alpha value is -2.38. The van der Waals surface area contributed by atoms with Crippen LogP contribution in [0.2, 0.25) is 5.15 Å². The van der Waals surface area contributed by atoms with E-state index >= 15 is 0 Å². The molecule has 4 unspecified atom stereocenters. The zero-order valence-corrected chi connectivity index (χ0v) is 17.0. The highest BCUT2D eigenvalue weighted by Crippen LogP contribution is 2.45. The Balaban J connectivity index is 1.43. The topological polar surface area (TPSA) is 70.9 Å². The van der Waals surface area contributed by atoms with Crippen molar-refractivity contribution in [3.8, 4) is 11.8 Å². The van der Waals surface area contributed by atoms with Gasteiger partial charge in [-0.2, -0.15) is 5.26 Å². The predicted octanol–water partition coefficient (Wildman–Crippen LogP) is 4.11. The molecule has 0 N–H and O–H groups in total. The van der Waals surface area contributed by atoms with Crippen LogP contribution < -0.4 is 4.74 Å². The predicted molar refractivity (Wildman–Crippen MR) is 104 cm³/mol. The van der Waals surface area contributed by atoms with Gasteiger partial charge in [-0.1, -0.05) is 29.8 Å². The summed E-state index contributed by atoms with van der Waals surface area (Å²) in [5.74, 6) is -0.759. The maximum absolute atomic E-state index is 12.3. The average Bonchev–Trinajstić information content (AvgIpc) is 3.51. The van der Waals surface area contributed by atoms with Crippen LogP contribution in [0.5, 0.6) is 5.75 Å². The molecule has 164 valence electrons. The SMILES string of the molecule is N#CC(C1OC1c1ccc(OC(F)(F)F)cc1)C1COCCN1Cc1ccc(Cl)nc1. The van der Waals surface area contributed by atoms with Crippen molar-refractivity contribution in [3.05, 3.63) is 58.9 Å². The molecule has 4 atom stereocenters. The molecular formula is C21H19ClF3N3O3. The summed E-state index contributed by atoms with van der Waals surface area (Å²) in [6, 6.07) is 11.3. The number of halogens is 4. The van der Waals surface area contributed by atoms with E-state index in [1.54, 1.807) is 12.3 Å². The fraction of sp³-hybridized carbons (Fsp3) is 0.429. The van der Waals surface area contributed by atoms with Gasteiger partial charge in [0.05, 0.1) is 31.2 Å². The lowest BCUT2D eigenvalue weighted by atomic mass is 9.92. The molecule has 10 heteroatoms. The second-order valence-corrected chi connectivity index (χ2v) is 7.78. The van der Waals surface area contributed by atoms with Crippen molar-refractivity contribution in [1.82, 2.24) is 9.88 Å². The monoisotopic (exact) mass is 453 g/mol. The van der Waals surface area contributed by atoms with Gasteiger partial charge in [0.25, 0.3) is 0 Å². The lowest BCUT2D eigenvalue weighted by Gasteiger charge is -2.37. The van der Waals surface area contributed by atoms with Crippen molar-refractivity contribution in [2.45, 2.75) is 31.2 Å². The third-order valence-corrected chi connectivity index (χ3v) is 5.56. The van der Waals surface area contributed by atoms with Crippen molar-refractivity contribution in [1.29, 1.82) is 5.26 Å². The van der Waals surface area contributed by atoms with Gasteiger partial charge in [-0.15, -0.1) is 13.2 Å². The summed E-state index contributed by atoms with van der Waals surface area (Å²) in [5, 5.41) is 10.3. The average molecular weight is 454 g/mol. The van der Waals surface area contributed by atoms with Crippen LogP contribution in [-0.2, 0) is 16.0 Å². The molecule has 0 bridgehead atoms. The molecule has 0 amide bonds. The quantitative estimate of drug-likeness (QED) is 0.484. The van der Waals surface area contributed by atoms with E-state index in [0.29, 0.717) is 37.0 Å². The molecule has 2 aliphatic heterocycles. The van der Waals surface area contributed by atoms with E-state index in [4.69, 9.17) is 21.1 Å². The number of morpholine rings is 1. The van der Waals surface area contributed by atoms with Crippen LogP contribution in [0.1, 0.15) is 17.2 Å². The van der Waals surface area contributed by atoms with Crippen LogP contribution in [0, 0.1) is 17.2 Å². The smallest absolute Gasteiger partial charge is 0.406 e. The van der Waals surface area contributed by atoms with Crippen molar-refractivity contribution in [3.63, 3.8) is 0 Å². The highest BCUT2D eigenvalue weighted by molar-refractivity contribution is 6.29. The molecular weight excluding hydrogens is 435 g/mol. The van der Waals surface area contributed by atoms with Gasteiger partial charge in [0.15, 0.2) is 0 Å². The van der Waals surface area contributed by atoms with Crippen LogP contribution in [0.25, 0.3) is 0 Å². The summed E-state index contributed by atoms with van der Waals surface area (Å²) in [5.41, 5.74) is 1.67. The third-order valence-electron chi connectivity index (χ3n) is 5.34. The first-order valence-corrected chi connectivity index (χ1v) is 10.0. The molecule has 0 radical (unpaired) electrons. The van der Waals surface area contributed by atoms with Crippen LogP contribution in [-0.4, -0.2) is 48.2 Å². The second kappa shape index (κ2) is 9.01. The Bertz CT molecular complexity index is 934. The Morgan fingerprint density at radius 3 is 2.68 bits per heavy atom. The number of aromatic nitrogens is 1. The summed E-state index contributed by atoms with van der Waals surface area (Å²) in [6.45, 7) is 2.21. The maximum Gasteiger partial charge on any atom is 0.573 e. The van der Waals surface area contributed by atoms with Gasteiger partial charge in [0, 0.05) is 19.3 Å². The van der Waals surface area contributed by atoms with Crippen LogP contribution >= 0.6 is 11.6 Å². The molecule has 1 aromatic carbocycles. The minimum absolute atomic E-state index is 0.183. The van der Waals surface area contributed by atoms with Crippen LogP contribution in [0.4, 0.5) is 13.2 Å². The number of epoxide rings is 1. The van der Waals surface area contributed by atoms with Gasteiger partial charge in [-0.3, -0.25) is 4.90 Å². The fourth-order valence-electron chi connectivity index (χ4n) is 3.82. The molecule has 2 aliphatic rings. The summed E-state index contributed by atoms with van der Waals surface area (Å²) >= 11 is 5.85. The van der Waals surface area contributed by atoms with Gasteiger partial charge < -0.3 is 14.2 Å². The molecule has 2 saturated heterocycles. The molecule has 6 nitrogen and oxygen atoms in total. The molecule has 0 spiro atoms. The molecule has 3 heterocycles. The molecule has 2 aromatic rings. The Morgan fingerprint density at radius 2 is 2.03 bits per heavy atom. The van der Waals surface area contributed by atoms with Gasteiger partial charge in [-0.05, 0) is 29.3 Å². The Labute approximate surface area is 182 Å². The lowest BCUT2D eigenvalue weighted by Crippen LogP contribution is -2.50. The molecule has 31 heavy (non-hydrogen) atoms. The van der Waals surface area contributed by atoms with E-state index in [1.165, 1.54) is 24.3 Å². The second-order valence-electron chi connectivity index (χ2n) is 7.39. The number of benzene rings is 1. The third kappa shape index (κ3) is 5.46. The number of pyridine rings is 1. The number of hydrogen-bond donors (Lipinski definition) is 0. The Morgan fingerprint density at radius 1 is 1.26 bits per heavy atom. The first-order valence-electron chi connectivity index (χ1n) is 9.67. The normalized spacial score (nSPS) is 24.9. The minimum Gasteiger partial charge on any atom is -0.406 e. The highest BCUT2D eigenvalue weighted by atomic mass is 35.5. The first-order chi connectivity index (χ1) is 14.8. The van der Waals surface area contributed by atoms with E-state index in [2.05, 4.69) is 20.7 Å². The van der Waals surface area contributed by atoms with Gasteiger partial charge >= 0.3 is 6.36 Å². The number of rotatable bonds is 6. The molecule has 0 saturated carbocycles. The number of nitriles is 1. The van der Waals surface area contributed by atoms with E-state index in [0.717, 1.165) is 5.56 Å². The molecule has 2 fully saturated rings. The van der Waals surface area contributed by atoms with Gasteiger partial charge in [0.2, 0.25) is 0 Å². The standard InChI is InChI=1S/C21H19ClF3N3O3/c22-18-6-1-13(10-27-18)11-28-7-8-29-12-17(28)16(9-26)20-19(30-20)14-2-4-15(5-3-14)31-21(23,24)25/h1-6,10,16-17,19-20H,7-8,11-12H2. The maximum atomic E-state index is 12.3. The van der Waals surface area contributed by atoms with E-state index in [1.807, 2.05) is 6.07 Å². The molecule has 4 rings (SSSR count). The lowest BCUT2D eigenvalue weighted by molar-refractivity contribution is -0.274. The van der Waals surface area contributed by atoms with Gasteiger partial charge in [0.1, 0.15) is 23.1 Å². The summed E-state index contributed by atoms with van der Waals surface area (Å²) in [7, 11) is 0.